The van der Waals surface area contributed by atoms with Crippen molar-refractivity contribution < 1.29 is 9.90 Å². The number of piperidine rings is 1. The molecule has 0 spiro atoms. The van der Waals surface area contributed by atoms with E-state index in [1.165, 1.54) is 6.42 Å². The monoisotopic (exact) mass is 172 g/mol. The molecule has 4 heteroatoms. The SMILES string of the molecule is O=C(O)CCN[C@@H]1CCCNC1. The van der Waals surface area contributed by atoms with Gasteiger partial charge in [-0.15, -0.1) is 0 Å². The lowest BCUT2D eigenvalue weighted by Crippen LogP contribution is -2.43. The molecular weight excluding hydrogens is 156 g/mol. The van der Waals surface area contributed by atoms with E-state index in [1.54, 1.807) is 0 Å². The lowest BCUT2D eigenvalue weighted by molar-refractivity contribution is -0.136. The molecular formula is C8H16N2O2. The minimum absolute atomic E-state index is 0.219. The van der Waals surface area contributed by atoms with Crippen molar-refractivity contribution in [3.05, 3.63) is 0 Å². The molecule has 1 rings (SSSR count). The number of carboxylic acid groups (broad SMARTS) is 1. The van der Waals surface area contributed by atoms with E-state index in [0.29, 0.717) is 12.6 Å². The first-order chi connectivity index (χ1) is 5.79. The molecule has 1 fully saturated rings. The summed E-state index contributed by atoms with van der Waals surface area (Å²) < 4.78 is 0. The molecule has 1 aliphatic heterocycles. The largest absolute Gasteiger partial charge is 0.481 e. The van der Waals surface area contributed by atoms with Crippen LogP contribution in [0.15, 0.2) is 0 Å². The Balaban J connectivity index is 2.01. The van der Waals surface area contributed by atoms with Gasteiger partial charge in [0.2, 0.25) is 0 Å². The summed E-state index contributed by atoms with van der Waals surface area (Å²) in [5, 5.41) is 14.9. The highest BCUT2D eigenvalue weighted by atomic mass is 16.4. The molecule has 70 valence electrons. The van der Waals surface area contributed by atoms with Gasteiger partial charge in [0.25, 0.3) is 0 Å². The molecule has 0 aromatic carbocycles. The Morgan fingerprint density at radius 2 is 2.50 bits per heavy atom. The molecule has 1 aliphatic rings. The van der Waals surface area contributed by atoms with Crippen LogP contribution in [0.2, 0.25) is 0 Å². The third-order valence-corrected chi connectivity index (χ3v) is 2.07. The van der Waals surface area contributed by atoms with Gasteiger partial charge in [0.15, 0.2) is 0 Å². The van der Waals surface area contributed by atoms with Gasteiger partial charge < -0.3 is 15.7 Å². The maximum Gasteiger partial charge on any atom is 0.304 e. The van der Waals surface area contributed by atoms with Gasteiger partial charge in [0.05, 0.1) is 6.42 Å². The standard InChI is InChI=1S/C8H16N2O2/c11-8(12)3-5-10-7-2-1-4-9-6-7/h7,9-10H,1-6H2,(H,11,12)/t7-/m1/s1. The van der Waals surface area contributed by atoms with Crippen LogP contribution in [0, 0.1) is 0 Å². The van der Waals surface area contributed by atoms with Gasteiger partial charge in [-0.05, 0) is 19.4 Å². The number of hydrogen-bond acceptors (Lipinski definition) is 3. The molecule has 0 aromatic heterocycles. The van der Waals surface area contributed by atoms with Gasteiger partial charge >= 0.3 is 5.97 Å². The van der Waals surface area contributed by atoms with Crippen molar-refractivity contribution in [2.45, 2.75) is 25.3 Å². The third-order valence-electron chi connectivity index (χ3n) is 2.07. The van der Waals surface area contributed by atoms with Gasteiger partial charge in [-0.1, -0.05) is 0 Å². The van der Waals surface area contributed by atoms with Crippen molar-refractivity contribution in [3.8, 4) is 0 Å². The van der Waals surface area contributed by atoms with Gasteiger partial charge in [0, 0.05) is 19.1 Å². The van der Waals surface area contributed by atoms with E-state index in [2.05, 4.69) is 10.6 Å². The third kappa shape index (κ3) is 3.69. The average Bonchev–Trinajstić information content (AvgIpc) is 2.05. The zero-order chi connectivity index (χ0) is 8.81. The number of rotatable bonds is 4. The zero-order valence-corrected chi connectivity index (χ0v) is 7.18. The van der Waals surface area contributed by atoms with Crippen LogP contribution in [0.5, 0.6) is 0 Å². The highest BCUT2D eigenvalue weighted by Gasteiger charge is 2.11. The van der Waals surface area contributed by atoms with Gasteiger partial charge in [-0.25, -0.2) is 0 Å². The van der Waals surface area contributed by atoms with Gasteiger partial charge in [-0.2, -0.15) is 0 Å². The molecule has 3 N–H and O–H groups in total. The molecule has 0 radical (unpaired) electrons. The van der Waals surface area contributed by atoms with Crippen molar-refractivity contribution in [3.63, 3.8) is 0 Å². The number of carbonyl (C=O) groups is 1. The maximum atomic E-state index is 10.2. The van der Waals surface area contributed by atoms with Gasteiger partial charge in [0.1, 0.15) is 0 Å². The van der Waals surface area contributed by atoms with Crippen LogP contribution in [0.1, 0.15) is 19.3 Å². The second-order valence-electron chi connectivity index (χ2n) is 3.14. The van der Waals surface area contributed by atoms with Crippen molar-refractivity contribution in [2.24, 2.45) is 0 Å². The topological polar surface area (TPSA) is 61.4 Å². The molecule has 1 atom stereocenters. The molecule has 0 amide bonds. The molecule has 1 saturated heterocycles. The first kappa shape index (κ1) is 9.48. The molecule has 0 saturated carbocycles. The van der Waals surface area contributed by atoms with E-state index >= 15 is 0 Å². The molecule has 4 nitrogen and oxygen atoms in total. The van der Waals surface area contributed by atoms with E-state index in [-0.39, 0.29) is 6.42 Å². The summed E-state index contributed by atoms with van der Waals surface area (Å²) in [5.41, 5.74) is 0. The molecule has 0 aromatic rings. The number of nitrogens with one attached hydrogen (secondary N) is 2. The Morgan fingerprint density at radius 3 is 3.08 bits per heavy atom. The Hall–Kier alpha value is -0.610. The minimum Gasteiger partial charge on any atom is -0.481 e. The van der Waals surface area contributed by atoms with Crippen molar-refractivity contribution in [1.82, 2.24) is 10.6 Å². The molecule has 1 heterocycles. The van der Waals surface area contributed by atoms with Crippen LogP contribution in [0.3, 0.4) is 0 Å². The van der Waals surface area contributed by atoms with Gasteiger partial charge in [-0.3, -0.25) is 4.79 Å². The summed E-state index contributed by atoms with van der Waals surface area (Å²) in [7, 11) is 0. The first-order valence-electron chi connectivity index (χ1n) is 4.45. The van der Waals surface area contributed by atoms with Crippen molar-refractivity contribution in [2.75, 3.05) is 19.6 Å². The fourth-order valence-corrected chi connectivity index (χ4v) is 1.41. The smallest absolute Gasteiger partial charge is 0.304 e. The van der Waals surface area contributed by atoms with E-state index < -0.39 is 5.97 Å². The van der Waals surface area contributed by atoms with E-state index in [4.69, 9.17) is 5.11 Å². The summed E-state index contributed by atoms with van der Waals surface area (Å²) in [6.45, 7) is 2.65. The Labute approximate surface area is 72.3 Å². The van der Waals surface area contributed by atoms with Crippen LogP contribution < -0.4 is 10.6 Å². The quantitative estimate of drug-likeness (QED) is 0.549. The predicted octanol–water partition coefficient (Wildman–Crippen LogP) is -0.197. The van der Waals surface area contributed by atoms with Crippen LogP contribution in [-0.4, -0.2) is 36.8 Å². The summed E-state index contributed by atoms with van der Waals surface area (Å²) >= 11 is 0. The fraction of sp³-hybridized carbons (Fsp3) is 0.875. The molecule has 0 bridgehead atoms. The van der Waals surface area contributed by atoms with Crippen molar-refractivity contribution >= 4 is 5.97 Å². The van der Waals surface area contributed by atoms with E-state index in [9.17, 15) is 4.79 Å². The molecule has 0 aliphatic carbocycles. The number of aliphatic carboxylic acids is 1. The molecule has 0 unspecified atom stereocenters. The number of carboxylic acids is 1. The predicted molar refractivity (Wildman–Crippen MR) is 46.1 cm³/mol. The lowest BCUT2D eigenvalue weighted by atomic mass is 10.1. The van der Waals surface area contributed by atoms with Crippen LogP contribution in [0.4, 0.5) is 0 Å². The summed E-state index contributed by atoms with van der Waals surface area (Å²) in [6.07, 6.45) is 2.56. The van der Waals surface area contributed by atoms with E-state index in [1.807, 2.05) is 0 Å². The van der Waals surface area contributed by atoms with Crippen LogP contribution in [-0.2, 0) is 4.79 Å². The van der Waals surface area contributed by atoms with Crippen LogP contribution in [0.25, 0.3) is 0 Å². The Bertz CT molecular complexity index is 144. The highest BCUT2D eigenvalue weighted by molar-refractivity contribution is 5.66. The molecule has 12 heavy (non-hydrogen) atoms. The minimum atomic E-state index is -0.730. The lowest BCUT2D eigenvalue weighted by Gasteiger charge is -2.23. The highest BCUT2D eigenvalue weighted by Crippen LogP contribution is 2.00. The number of hydrogen-bond donors (Lipinski definition) is 3. The summed E-state index contributed by atoms with van der Waals surface area (Å²) in [6, 6.07) is 0.470. The fourth-order valence-electron chi connectivity index (χ4n) is 1.41. The van der Waals surface area contributed by atoms with E-state index in [0.717, 1.165) is 19.5 Å². The second-order valence-corrected chi connectivity index (χ2v) is 3.14. The summed E-state index contributed by atoms with van der Waals surface area (Å²) in [4.78, 5) is 10.2. The Morgan fingerprint density at radius 1 is 1.67 bits per heavy atom. The average molecular weight is 172 g/mol. The van der Waals surface area contributed by atoms with Crippen LogP contribution >= 0.6 is 0 Å². The normalized spacial score (nSPS) is 23.8. The summed E-state index contributed by atoms with van der Waals surface area (Å²) in [5.74, 6) is -0.730. The first-order valence-corrected chi connectivity index (χ1v) is 4.45. The maximum absolute atomic E-state index is 10.2. The second kappa shape index (κ2) is 5.11. The Kier molecular flexibility index (Phi) is 4.04. The zero-order valence-electron chi connectivity index (χ0n) is 7.18. The van der Waals surface area contributed by atoms with Crippen molar-refractivity contribution in [1.29, 1.82) is 0 Å².